The third kappa shape index (κ3) is 3.63. The molecule has 2 N–H and O–H groups in total. The van der Waals surface area contributed by atoms with Crippen LogP contribution >= 0.6 is 11.6 Å². The van der Waals surface area contributed by atoms with E-state index in [0.29, 0.717) is 11.6 Å². The summed E-state index contributed by atoms with van der Waals surface area (Å²) >= 11 is 5.87. The van der Waals surface area contributed by atoms with E-state index >= 15 is 0 Å². The number of hydrogen-bond acceptors (Lipinski definition) is 3. The van der Waals surface area contributed by atoms with E-state index in [1.165, 1.54) is 0 Å². The summed E-state index contributed by atoms with van der Waals surface area (Å²) in [4.78, 5) is 0. The average molecular weight is 278 g/mol. The van der Waals surface area contributed by atoms with Gasteiger partial charge in [-0.25, -0.2) is 0 Å². The molecule has 4 heteroatoms. The molecule has 0 amide bonds. The molecule has 0 saturated heterocycles. The Morgan fingerprint density at radius 3 is 2.11 bits per heavy atom. The lowest BCUT2D eigenvalue weighted by Gasteiger charge is -2.18. The molecule has 0 radical (unpaired) electrons. The van der Waals surface area contributed by atoms with Crippen LogP contribution in [0.25, 0.3) is 0 Å². The highest BCUT2D eigenvalue weighted by atomic mass is 35.5. The molecule has 0 saturated carbocycles. The first-order valence-electron chi connectivity index (χ1n) is 5.99. The Balaban J connectivity index is 2.11. The molecule has 0 aliphatic heterocycles. The summed E-state index contributed by atoms with van der Waals surface area (Å²) in [6, 6.07) is 14.9. The summed E-state index contributed by atoms with van der Waals surface area (Å²) in [5, 5.41) is 0.698. The molecule has 2 aromatic carbocycles. The Morgan fingerprint density at radius 2 is 1.58 bits per heavy atom. The van der Waals surface area contributed by atoms with Gasteiger partial charge in [0, 0.05) is 11.6 Å². The average Bonchev–Trinajstić information content (AvgIpc) is 2.46. The van der Waals surface area contributed by atoms with Crippen LogP contribution in [0.1, 0.15) is 11.7 Å². The lowest BCUT2D eigenvalue weighted by Crippen LogP contribution is -2.18. The van der Waals surface area contributed by atoms with E-state index in [1.54, 1.807) is 7.11 Å². The second-order valence-electron chi connectivity index (χ2n) is 4.07. The van der Waals surface area contributed by atoms with Gasteiger partial charge >= 0.3 is 0 Å². The smallest absolute Gasteiger partial charge is 0.136 e. The number of methoxy groups -OCH3 is 1. The number of halogens is 1. The largest absolute Gasteiger partial charge is 0.497 e. The summed E-state index contributed by atoms with van der Waals surface area (Å²) in [7, 11) is 1.63. The molecule has 0 bridgehead atoms. The molecule has 0 aromatic heterocycles. The molecule has 100 valence electrons. The molecule has 0 aliphatic rings. The number of ether oxygens (including phenoxy) is 2. The predicted octanol–water partition coefficient (Wildman–Crippen LogP) is 3.43. The van der Waals surface area contributed by atoms with Crippen molar-refractivity contribution in [3.63, 3.8) is 0 Å². The molecule has 3 nitrogen and oxygen atoms in total. The van der Waals surface area contributed by atoms with Gasteiger partial charge in [-0.15, -0.1) is 0 Å². The van der Waals surface area contributed by atoms with E-state index in [2.05, 4.69) is 0 Å². The Bertz CT molecular complexity index is 511. The predicted molar refractivity (Wildman–Crippen MR) is 76.9 cm³/mol. The fraction of sp³-hybridized carbons (Fsp3) is 0.200. The molecular formula is C15H16ClNO2. The zero-order chi connectivity index (χ0) is 13.7. The van der Waals surface area contributed by atoms with Crippen LogP contribution in [0.4, 0.5) is 0 Å². The van der Waals surface area contributed by atoms with Crippen LogP contribution in [0.15, 0.2) is 48.5 Å². The van der Waals surface area contributed by atoms with Crippen molar-refractivity contribution in [1.82, 2.24) is 0 Å². The molecule has 0 fully saturated rings. The summed E-state index contributed by atoms with van der Waals surface area (Å²) < 4.78 is 11.0. The van der Waals surface area contributed by atoms with Crippen LogP contribution in [0.3, 0.4) is 0 Å². The van der Waals surface area contributed by atoms with Crippen LogP contribution in [0.2, 0.25) is 5.02 Å². The van der Waals surface area contributed by atoms with Crippen molar-refractivity contribution >= 4 is 11.6 Å². The minimum absolute atomic E-state index is 0.189. The highest BCUT2D eigenvalue weighted by Gasteiger charge is 2.11. The standard InChI is InChI=1S/C15H16ClNO2/c1-18-13-6-8-14(9-7-13)19-15(10-17)11-2-4-12(16)5-3-11/h2-9,15H,10,17H2,1H3. The van der Waals surface area contributed by atoms with E-state index in [1.807, 2.05) is 48.5 Å². The van der Waals surface area contributed by atoms with Gasteiger partial charge in [0.1, 0.15) is 17.6 Å². The molecular weight excluding hydrogens is 262 g/mol. The molecule has 0 heterocycles. The summed E-state index contributed by atoms with van der Waals surface area (Å²) in [5.74, 6) is 1.55. The third-order valence-electron chi connectivity index (χ3n) is 2.79. The zero-order valence-electron chi connectivity index (χ0n) is 10.7. The van der Waals surface area contributed by atoms with Gasteiger partial charge in [-0.05, 0) is 42.0 Å². The van der Waals surface area contributed by atoms with Crippen LogP contribution in [-0.2, 0) is 0 Å². The molecule has 2 aromatic rings. The van der Waals surface area contributed by atoms with Crippen molar-refractivity contribution in [2.45, 2.75) is 6.10 Å². The Labute approximate surface area is 117 Å². The van der Waals surface area contributed by atoms with E-state index in [9.17, 15) is 0 Å². The van der Waals surface area contributed by atoms with Gasteiger partial charge in [0.15, 0.2) is 0 Å². The molecule has 1 atom stereocenters. The normalized spacial score (nSPS) is 11.9. The second kappa shape index (κ2) is 6.45. The van der Waals surface area contributed by atoms with Crippen molar-refractivity contribution in [1.29, 1.82) is 0 Å². The first kappa shape index (κ1) is 13.7. The minimum atomic E-state index is -0.189. The van der Waals surface area contributed by atoms with Gasteiger partial charge < -0.3 is 15.2 Å². The summed E-state index contributed by atoms with van der Waals surface area (Å²) in [5.41, 5.74) is 6.77. The van der Waals surface area contributed by atoms with Gasteiger partial charge in [-0.3, -0.25) is 0 Å². The van der Waals surface area contributed by atoms with Crippen LogP contribution in [0.5, 0.6) is 11.5 Å². The maximum atomic E-state index is 5.87. The van der Waals surface area contributed by atoms with Crippen molar-refractivity contribution in [3.8, 4) is 11.5 Å². The number of rotatable bonds is 5. The first-order chi connectivity index (χ1) is 9.22. The third-order valence-corrected chi connectivity index (χ3v) is 3.05. The Kier molecular flexibility index (Phi) is 4.66. The zero-order valence-corrected chi connectivity index (χ0v) is 11.4. The lowest BCUT2D eigenvalue weighted by atomic mass is 10.1. The van der Waals surface area contributed by atoms with Crippen LogP contribution in [-0.4, -0.2) is 13.7 Å². The molecule has 0 aliphatic carbocycles. The summed E-state index contributed by atoms with van der Waals surface area (Å²) in [6.07, 6.45) is -0.189. The number of nitrogens with two attached hydrogens (primary N) is 1. The van der Waals surface area contributed by atoms with Gasteiger partial charge in [-0.1, -0.05) is 23.7 Å². The van der Waals surface area contributed by atoms with Crippen molar-refractivity contribution < 1.29 is 9.47 Å². The highest BCUT2D eigenvalue weighted by Crippen LogP contribution is 2.24. The van der Waals surface area contributed by atoms with Gasteiger partial charge in [0.25, 0.3) is 0 Å². The van der Waals surface area contributed by atoms with E-state index in [-0.39, 0.29) is 6.10 Å². The maximum Gasteiger partial charge on any atom is 0.136 e. The number of benzene rings is 2. The van der Waals surface area contributed by atoms with E-state index in [4.69, 9.17) is 26.8 Å². The Morgan fingerprint density at radius 1 is 1.00 bits per heavy atom. The van der Waals surface area contributed by atoms with Crippen LogP contribution in [0, 0.1) is 0 Å². The topological polar surface area (TPSA) is 44.5 Å². The molecule has 2 rings (SSSR count). The van der Waals surface area contributed by atoms with Crippen LogP contribution < -0.4 is 15.2 Å². The van der Waals surface area contributed by atoms with Crippen molar-refractivity contribution in [2.75, 3.05) is 13.7 Å². The second-order valence-corrected chi connectivity index (χ2v) is 4.51. The van der Waals surface area contributed by atoms with Crippen molar-refractivity contribution in [3.05, 3.63) is 59.1 Å². The minimum Gasteiger partial charge on any atom is -0.497 e. The van der Waals surface area contributed by atoms with Crippen molar-refractivity contribution in [2.24, 2.45) is 5.73 Å². The fourth-order valence-electron chi connectivity index (χ4n) is 1.75. The maximum absolute atomic E-state index is 5.87. The fourth-order valence-corrected chi connectivity index (χ4v) is 1.87. The summed E-state index contributed by atoms with van der Waals surface area (Å²) in [6.45, 7) is 0.396. The highest BCUT2D eigenvalue weighted by molar-refractivity contribution is 6.30. The molecule has 1 unspecified atom stereocenters. The van der Waals surface area contributed by atoms with E-state index < -0.39 is 0 Å². The van der Waals surface area contributed by atoms with Gasteiger partial charge in [0.2, 0.25) is 0 Å². The van der Waals surface area contributed by atoms with Gasteiger partial charge in [0.05, 0.1) is 7.11 Å². The Hall–Kier alpha value is -1.71. The molecule has 0 spiro atoms. The monoisotopic (exact) mass is 277 g/mol. The lowest BCUT2D eigenvalue weighted by molar-refractivity contribution is 0.214. The quantitative estimate of drug-likeness (QED) is 0.911. The number of hydrogen-bond donors (Lipinski definition) is 1. The molecule has 19 heavy (non-hydrogen) atoms. The van der Waals surface area contributed by atoms with E-state index in [0.717, 1.165) is 17.1 Å². The van der Waals surface area contributed by atoms with Gasteiger partial charge in [-0.2, -0.15) is 0 Å². The SMILES string of the molecule is COc1ccc(OC(CN)c2ccc(Cl)cc2)cc1. The first-order valence-corrected chi connectivity index (χ1v) is 6.37.